The van der Waals surface area contributed by atoms with Crippen molar-refractivity contribution in [3.8, 4) is 0 Å². The molecule has 0 aromatic rings. The van der Waals surface area contributed by atoms with E-state index in [2.05, 4.69) is 19.2 Å². The minimum absolute atomic E-state index is 0.228. The molecule has 0 aliphatic carbocycles. The third kappa shape index (κ3) is 2.48. The molecule has 3 N–H and O–H groups in total. The first kappa shape index (κ1) is 11.4. The van der Waals surface area contributed by atoms with Gasteiger partial charge < -0.3 is 11.1 Å². The minimum Gasteiger partial charge on any atom is -0.368 e. The van der Waals surface area contributed by atoms with Gasteiger partial charge in [0.2, 0.25) is 5.91 Å². The first-order valence-electron chi connectivity index (χ1n) is 4.61. The number of primary amides is 1. The van der Waals surface area contributed by atoms with E-state index in [0.29, 0.717) is 0 Å². The molecular formula is C9H20N2O. The van der Waals surface area contributed by atoms with Crippen molar-refractivity contribution in [2.45, 2.75) is 45.1 Å². The van der Waals surface area contributed by atoms with E-state index in [1.54, 1.807) is 7.05 Å². The Balaban J connectivity index is 4.39. The summed E-state index contributed by atoms with van der Waals surface area (Å²) in [6.07, 6.45) is 3.60. The molecule has 0 spiro atoms. The van der Waals surface area contributed by atoms with E-state index in [0.717, 1.165) is 25.7 Å². The van der Waals surface area contributed by atoms with Crippen LogP contribution in [0, 0.1) is 0 Å². The molecule has 3 heteroatoms. The molecule has 0 rings (SSSR count). The van der Waals surface area contributed by atoms with Crippen LogP contribution >= 0.6 is 0 Å². The van der Waals surface area contributed by atoms with Crippen molar-refractivity contribution in [2.75, 3.05) is 7.05 Å². The molecular weight excluding hydrogens is 152 g/mol. The van der Waals surface area contributed by atoms with Crippen LogP contribution in [0.3, 0.4) is 0 Å². The fraction of sp³-hybridized carbons (Fsp3) is 0.889. The highest BCUT2D eigenvalue weighted by Crippen LogP contribution is 2.18. The first-order valence-corrected chi connectivity index (χ1v) is 4.61. The van der Waals surface area contributed by atoms with Crippen molar-refractivity contribution in [1.29, 1.82) is 0 Å². The van der Waals surface area contributed by atoms with Gasteiger partial charge >= 0.3 is 0 Å². The monoisotopic (exact) mass is 172 g/mol. The van der Waals surface area contributed by atoms with E-state index in [4.69, 9.17) is 5.73 Å². The molecule has 0 aliphatic rings. The number of carbonyl (C=O) groups excluding carboxylic acids is 1. The zero-order chi connectivity index (χ0) is 9.61. The average Bonchev–Trinajstić information content (AvgIpc) is 2.03. The van der Waals surface area contributed by atoms with Crippen molar-refractivity contribution in [1.82, 2.24) is 5.32 Å². The SMILES string of the molecule is CCCC(CCC)(NC)C(N)=O. The van der Waals surface area contributed by atoms with Crippen molar-refractivity contribution in [2.24, 2.45) is 5.73 Å². The summed E-state index contributed by atoms with van der Waals surface area (Å²) >= 11 is 0. The smallest absolute Gasteiger partial charge is 0.237 e. The number of nitrogens with two attached hydrogens (primary N) is 1. The number of carbonyl (C=O) groups is 1. The van der Waals surface area contributed by atoms with Crippen LogP contribution in [-0.4, -0.2) is 18.5 Å². The second-order valence-corrected chi connectivity index (χ2v) is 3.20. The lowest BCUT2D eigenvalue weighted by Gasteiger charge is -2.29. The second kappa shape index (κ2) is 5.14. The van der Waals surface area contributed by atoms with Gasteiger partial charge in [-0.25, -0.2) is 0 Å². The van der Waals surface area contributed by atoms with E-state index in [1.165, 1.54) is 0 Å². The Morgan fingerprint density at radius 1 is 1.33 bits per heavy atom. The van der Waals surface area contributed by atoms with E-state index < -0.39 is 5.54 Å². The highest BCUT2D eigenvalue weighted by molar-refractivity contribution is 5.84. The van der Waals surface area contributed by atoms with Gasteiger partial charge in [0.1, 0.15) is 0 Å². The molecule has 3 nitrogen and oxygen atoms in total. The van der Waals surface area contributed by atoms with Gasteiger partial charge in [0, 0.05) is 0 Å². The highest BCUT2D eigenvalue weighted by Gasteiger charge is 2.32. The lowest BCUT2D eigenvalue weighted by molar-refractivity contribution is -0.124. The van der Waals surface area contributed by atoms with Crippen LogP contribution in [0.4, 0.5) is 0 Å². The molecule has 12 heavy (non-hydrogen) atoms. The number of rotatable bonds is 6. The first-order chi connectivity index (χ1) is 5.63. The van der Waals surface area contributed by atoms with Crippen LogP contribution in [0.25, 0.3) is 0 Å². The van der Waals surface area contributed by atoms with Gasteiger partial charge in [0.05, 0.1) is 5.54 Å². The standard InChI is InChI=1S/C9H20N2O/c1-4-6-9(11-3,7-5-2)8(10)12/h11H,4-7H2,1-3H3,(H2,10,12). The van der Waals surface area contributed by atoms with E-state index >= 15 is 0 Å². The maximum Gasteiger partial charge on any atom is 0.237 e. The predicted octanol–water partition coefficient (Wildman–Crippen LogP) is 1.03. The Bertz CT molecular complexity index is 139. The number of hydrogen-bond donors (Lipinski definition) is 2. The van der Waals surface area contributed by atoms with E-state index in [-0.39, 0.29) is 5.91 Å². The van der Waals surface area contributed by atoms with Gasteiger partial charge in [-0.3, -0.25) is 4.79 Å². The topological polar surface area (TPSA) is 55.1 Å². The maximum atomic E-state index is 11.2. The molecule has 1 amide bonds. The van der Waals surface area contributed by atoms with Crippen molar-refractivity contribution < 1.29 is 4.79 Å². The quantitative estimate of drug-likeness (QED) is 0.628. The van der Waals surface area contributed by atoms with Crippen LogP contribution in [0.2, 0.25) is 0 Å². The summed E-state index contributed by atoms with van der Waals surface area (Å²) in [6, 6.07) is 0. The summed E-state index contributed by atoms with van der Waals surface area (Å²) in [5.41, 5.74) is 4.88. The Morgan fingerprint density at radius 3 is 1.92 bits per heavy atom. The molecule has 0 aliphatic heterocycles. The average molecular weight is 172 g/mol. The van der Waals surface area contributed by atoms with Crippen molar-refractivity contribution >= 4 is 5.91 Å². The van der Waals surface area contributed by atoms with Crippen LogP contribution in [0.1, 0.15) is 39.5 Å². The van der Waals surface area contributed by atoms with E-state index in [9.17, 15) is 4.79 Å². The molecule has 0 saturated heterocycles. The molecule has 0 radical (unpaired) electrons. The number of likely N-dealkylation sites (N-methyl/N-ethyl adjacent to an activating group) is 1. The number of nitrogens with one attached hydrogen (secondary N) is 1. The Hall–Kier alpha value is -0.570. The summed E-state index contributed by atoms with van der Waals surface area (Å²) in [4.78, 5) is 11.2. The zero-order valence-electron chi connectivity index (χ0n) is 8.31. The normalized spacial score (nSPS) is 11.6. The van der Waals surface area contributed by atoms with Gasteiger partial charge in [-0.05, 0) is 19.9 Å². The van der Waals surface area contributed by atoms with Gasteiger partial charge in [0.15, 0.2) is 0 Å². The number of amides is 1. The van der Waals surface area contributed by atoms with Gasteiger partial charge in [-0.2, -0.15) is 0 Å². The highest BCUT2D eigenvalue weighted by atomic mass is 16.1. The molecule has 0 aromatic carbocycles. The minimum atomic E-state index is -0.469. The fourth-order valence-electron chi connectivity index (χ4n) is 1.60. The van der Waals surface area contributed by atoms with Gasteiger partial charge in [-0.15, -0.1) is 0 Å². The van der Waals surface area contributed by atoms with E-state index in [1.807, 2.05) is 0 Å². The lowest BCUT2D eigenvalue weighted by Crippen LogP contribution is -2.53. The van der Waals surface area contributed by atoms with Crippen molar-refractivity contribution in [3.63, 3.8) is 0 Å². The molecule has 0 fully saturated rings. The summed E-state index contributed by atoms with van der Waals surface area (Å²) in [6.45, 7) is 4.12. The Kier molecular flexibility index (Phi) is 4.90. The molecule has 0 unspecified atom stereocenters. The summed E-state index contributed by atoms with van der Waals surface area (Å²) in [5.74, 6) is -0.228. The molecule has 0 atom stereocenters. The summed E-state index contributed by atoms with van der Waals surface area (Å²) < 4.78 is 0. The summed E-state index contributed by atoms with van der Waals surface area (Å²) in [5, 5.41) is 3.04. The third-order valence-corrected chi connectivity index (χ3v) is 2.30. The second-order valence-electron chi connectivity index (χ2n) is 3.20. The summed E-state index contributed by atoms with van der Waals surface area (Å²) in [7, 11) is 1.80. The molecule has 0 heterocycles. The maximum absolute atomic E-state index is 11.2. The van der Waals surface area contributed by atoms with Crippen LogP contribution < -0.4 is 11.1 Å². The van der Waals surface area contributed by atoms with Crippen molar-refractivity contribution in [3.05, 3.63) is 0 Å². The van der Waals surface area contributed by atoms with Crippen LogP contribution in [0.15, 0.2) is 0 Å². The predicted molar refractivity (Wildman–Crippen MR) is 50.8 cm³/mol. The molecule has 0 bridgehead atoms. The molecule has 72 valence electrons. The number of hydrogen-bond acceptors (Lipinski definition) is 2. The lowest BCUT2D eigenvalue weighted by atomic mass is 9.88. The third-order valence-electron chi connectivity index (χ3n) is 2.30. The zero-order valence-corrected chi connectivity index (χ0v) is 8.31. The molecule has 0 saturated carbocycles. The largest absolute Gasteiger partial charge is 0.368 e. The fourth-order valence-corrected chi connectivity index (χ4v) is 1.60. The Morgan fingerprint density at radius 2 is 1.75 bits per heavy atom. The molecule has 0 aromatic heterocycles. The van der Waals surface area contributed by atoms with Gasteiger partial charge in [0.25, 0.3) is 0 Å². The van der Waals surface area contributed by atoms with Crippen LogP contribution in [-0.2, 0) is 4.79 Å². The Labute approximate surface area is 74.7 Å². The van der Waals surface area contributed by atoms with Gasteiger partial charge in [-0.1, -0.05) is 26.7 Å². The van der Waals surface area contributed by atoms with Crippen LogP contribution in [0.5, 0.6) is 0 Å².